The van der Waals surface area contributed by atoms with E-state index in [2.05, 4.69) is 43.5 Å². The lowest BCUT2D eigenvalue weighted by Crippen LogP contribution is -2.23. The summed E-state index contributed by atoms with van der Waals surface area (Å²) in [5.74, 6) is 0.472. The van der Waals surface area contributed by atoms with E-state index in [0.717, 1.165) is 12.8 Å². The molecule has 1 aromatic rings. The molecule has 1 heterocycles. The molecular weight excluding hydrogens is 186 g/mol. The molecule has 0 aliphatic carbocycles. The molecule has 2 N–H and O–H groups in total. The number of aromatic nitrogens is 2. The van der Waals surface area contributed by atoms with E-state index in [4.69, 9.17) is 5.73 Å². The van der Waals surface area contributed by atoms with E-state index in [0.29, 0.717) is 18.5 Å². The van der Waals surface area contributed by atoms with Crippen molar-refractivity contribution in [3.05, 3.63) is 17.5 Å². The predicted octanol–water partition coefficient (Wildman–Crippen LogP) is 2.16. The summed E-state index contributed by atoms with van der Waals surface area (Å²) in [5, 5.41) is 4.63. The summed E-state index contributed by atoms with van der Waals surface area (Å²) < 4.78 is 2.15. The fourth-order valence-corrected chi connectivity index (χ4v) is 1.72. The van der Waals surface area contributed by atoms with Crippen LogP contribution in [0.1, 0.15) is 45.1 Å². The van der Waals surface area contributed by atoms with Gasteiger partial charge in [0.15, 0.2) is 0 Å². The van der Waals surface area contributed by atoms with Crippen molar-refractivity contribution in [1.82, 2.24) is 9.78 Å². The zero-order valence-electron chi connectivity index (χ0n) is 10.3. The van der Waals surface area contributed by atoms with Crippen LogP contribution in [0.25, 0.3) is 0 Å². The SMILES string of the molecule is CCc1cc(CC)n(C(C)C(C)CN)n1. The molecule has 3 nitrogen and oxygen atoms in total. The number of aryl methyl sites for hydroxylation is 2. The van der Waals surface area contributed by atoms with Gasteiger partial charge in [-0.1, -0.05) is 20.8 Å². The second-order valence-corrected chi connectivity index (χ2v) is 4.23. The van der Waals surface area contributed by atoms with Gasteiger partial charge in [0.05, 0.1) is 11.7 Å². The fraction of sp³-hybridized carbons (Fsp3) is 0.750. The zero-order valence-corrected chi connectivity index (χ0v) is 10.3. The molecule has 0 fully saturated rings. The van der Waals surface area contributed by atoms with E-state index >= 15 is 0 Å². The minimum atomic E-state index is 0.394. The molecule has 0 bridgehead atoms. The van der Waals surface area contributed by atoms with Crippen LogP contribution in [0, 0.1) is 5.92 Å². The van der Waals surface area contributed by atoms with Crippen LogP contribution in [0.2, 0.25) is 0 Å². The topological polar surface area (TPSA) is 43.8 Å². The molecule has 15 heavy (non-hydrogen) atoms. The largest absolute Gasteiger partial charge is 0.330 e. The molecule has 0 amide bonds. The maximum absolute atomic E-state index is 5.70. The van der Waals surface area contributed by atoms with Gasteiger partial charge in [0.25, 0.3) is 0 Å². The normalized spacial score (nSPS) is 15.3. The lowest BCUT2D eigenvalue weighted by molar-refractivity contribution is 0.348. The summed E-state index contributed by atoms with van der Waals surface area (Å²) in [7, 11) is 0. The fourth-order valence-electron chi connectivity index (χ4n) is 1.72. The molecule has 0 radical (unpaired) electrons. The first-order chi connectivity index (χ1) is 7.13. The third-order valence-electron chi connectivity index (χ3n) is 3.17. The highest BCUT2D eigenvalue weighted by Crippen LogP contribution is 2.19. The highest BCUT2D eigenvalue weighted by molar-refractivity contribution is 5.11. The summed E-state index contributed by atoms with van der Waals surface area (Å²) in [6.07, 6.45) is 2.04. The Bertz CT molecular complexity index is 304. The molecule has 0 saturated heterocycles. The molecule has 1 rings (SSSR count). The van der Waals surface area contributed by atoms with Gasteiger partial charge in [-0.3, -0.25) is 4.68 Å². The average Bonchev–Trinajstić information content (AvgIpc) is 2.69. The Labute approximate surface area is 92.7 Å². The van der Waals surface area contributed by atoms with Gasteiger partial charge in [0, 0.05) is 5.69 Å². The van der Waals surface area contributed by atoms with E-state index < -0.39 is 0 Å². The van der Waals surface area contributed by atoms with Crippen molar-refractivity contribution in [2.24, 2.45) is 11.7 Å². The van der Waals surface area contributed by atoms with Gasteiger partial charge in [-0.05, 0) is 38.3 Å². The monoisotopic (exact) mass is 209 g/mol. The first kappa shape index (κ1) is 12.2. The van der Waals surface area contributed by atoms with Crippen LogP contribution in [0.15, 0.2) is 6.07 Å². The summed E-state index contributed by atoms with van der Waals surface area (Å²) in [5.41, 5.74) is 8.20. The number of hydrogen-bond donors (Lipinski definition) is 1. The summed E-state index contributed by atoms with van der Waals surface area (Å²) in [4.78, 5) is 0. The number of hydrogen-bond acceptors (Lipinski definition) is 2. The van der Waals surface area contributed by atoms with Crippen molar-refractivity contribution < 1.29 is 0 Å². The molecule has 3 heteroatoms. The molecule has 0 spiro atoms. The second-order valence-electron chi connectivity index (χ2n) is 4.23. The minimum absolute atomic E-state index is 0.394. The zero-order chi connectivity index (χ0) is 11.4. The van der Waals surface area contributed by atoms with Gasteiger partial charge >= 0.3 is 0 Å². The van der Waals surface area contributed by atoms with E-state index in [1.165, 1.54) is 11.4 Å². The standard InChI is InChI=1S/C12H23N3/c1-5-11-7-12(6-2)15(14-11)10(4)9(3)8-13/h7,9-10H,5-6,8,13H2,1-4H3. The first-order valence-corrected chi connectivity index (χ1v) is 5.91. The lowest BCUT2D eigenvalue weighted by Gasteiger charge is -2.20. The number of nitrogens with two attached hydrogens (primary N) is 1. The van der Waals surface area contributed by atoms with Crippen LogP contribution in [-0.2, 0) is 12.8 Å². The van der Waals surface area contributed by atoms with Crippen molar-refractivity contribution in [3.63, 3.8) is 0 Å². The lowest BCUT2D eigenvalue weighted by atomic mass is 10.0. The third kappa shape index (κ3) is 2.59. The van der Waals surface area contributed by atoms with E-state index in [1.54, 1.807) is 0 Å². The van der Waals surface area contributed by atoms with Gasteiger partial charge < -0.3 is 5.73 Å². The Morgan fingerprint density at radius 1 is 1.33 bits per heavy atom. The Hall–Kier alpha value is -0.830. The van der Waals surface area contributed by atoms with Crippen LogP contribution < -0.4 is 5.73 Å². The smallest absolute Gasteiger partial charge is 0.0624 e. The van der Waals surface area contributed by atoms with Crippen molar-refractivity contribution in [3.8, 4) is 0 Å². The van der Waals surface area contributed by atoms with Crippen LogP contribution in [0.4, 0.5) is 0 Å². The third-order valence-corrected chi connectivity index (χ3v) is 3.17. The molecule has 1 aromatic heterocycles. The highest BCUT2D eigenvalue weighted by Gasteiger charge is 2.16. The Morgan fingerprint density at radius 3 is 2.47 bits per heavy atom. The molecular formula is C12H23N3. The Morgan fingerprint density at radius 2 is 2.00 bits per heavy atom. The summed E-state index contributed by atoms with van der Waals surface area (Å²) >= 11 is 0. The summed E-state index contributed by atoms with van der Waals surface area (Å²) in [6, 6.07) is 2.60. The van der Waals surface area contributed by atoms with Crippen LogP contribution in [0.3, 0.4) is 0 Å². The highest BCUT2D eigenvalue weighted by atomic mass is 15.3. The predicted molar refractivity (Wildman–Crippen MR) is 63.9 cm³/mol. The van der Waals surface area contributed by atoms with Gasteiger partial charge in [0.2, 0.25) is 0 Å². The molecule has 86 valence electrons. The van der Waals surface area contributed by atoms with Gasteiger partial charge in [-0.2, -0.15) is 5.10 Å². The van der Waals surface area contributed by atoms with Crippen LogP contribution in [-0.4, -0.2) is 16.3 Å². The molecule has 0 aliphatic heterocycles. The van der Waals surface area contributed by atoms with Crippen molar-refractivity contribution in [2.75, 3.05) is 6.54 Å². The van der Waals surface area contributed by atoms with Gasteiger partial charge in [0.1, 0.15) is 0 Å². The van der Waals surface area contributed by atoms with E-state index in [1.807, 2.05) is 0 Å². The van der Waals surface area contributed by atoms with E-state index in [9.17, 15) is 0 Å². The maximum Gasteiger partial charge on any atom is 0.0624 e. The maximum atomic E-state index is 5.70. The first-order valence-electron chi connectivity index (χ1n) is 5.91. The second kappa shape index (κ2) is 5.31. The number of rotatable bonds is 5. The molecule has 2 unspecified atom stereocenters. The van der Waals surface area contributed by atoms with Gasteiger partial charge in [-0.15, -0.1) is 0 Å². The Balaban J connectivity index is 2.95. The van der Waals surface area contributed by atoms with Gasteiger partial charge in [-0.25, -0.2) is 0 Å². The molecule has 2 atom stereocenters. The summed E-state index contributed by atoms with van der Waals surface area (Å²) in [6.45, 7) is 9.40. The van der Waals surface area contributed by atoms with E-state index in [-0.39, 0.29) is 0 Å². The van der Waals surface area contributed by atoms with Crippen molar-refractivity contribution in [1.29, 1.82) is 0 Å². The molecule has 0 saturated carbocycles. The van der Waals surface area contributed by atoms with Crippen molar-refractivity contribution in [2.45, 2.75) is 46.6 Å². The average molecular weight is 209 g/mol. The van der Waals surface area contributed by atoms with Crippen LogP contribution >= 0.6 is 0 Å². The molecule has 0 aromatic carbocycles. The minimum Gasteiger partial charge on any atom is -0.330 e. The van der Waals surface area contributed by atoms with Crippen molar-refractivity contribution >= 4 is 0 Å². The van der Waals surface area contributed by atoms with Crippen LogP contribution in [0.5, 0.6) is 0 Å². The number of nitrogens with zero attached hydrogens (tertiary/aromatic N) is 2. The quantitative estimate of drug-likeness (QED) is 0.807. The molecule has 0 aliphatic rings. The Kier molecular flexibility index (Phi) is 4.33.